The summed E-state index contributed by atoms with van der Waals surface area (Å²) in [4.78, 5) is 34.2. The second-order valence-corrected chi connectivity index (χ2v) is 9.67. The highest BCUT2D eigenvalue weighted by Gasteiger charge is 2.22. The number of carbonyl (C=O) groups excluding carboxylic acids is 2. The van der Waals surface area contributed by atoms with Gasteiger partial charge >= 0.3 is 0 Å². The monoisotopic (exact) mass is 505 g/mol. The molecule has 8 nitrogen and oxygen atoms in total. The fourth-order valence-corrected chi connectivity index (χ4v) is 5.00. The van der Waals surface area contributed by atoms with Crippen LogP contribution in [0.2, 0.25) is 0 Å². The van der Waals surface area contributed by atoms with Gasteiger partial charge in [-0.15, -0.1) is 11.8 Å². The number of aliphatic imine (C=N–C) groups is 1. The first-order valence-corrected chi connectivity index (χ1v) is 13.1. The number of nitrogens with zero attached hydrogens (tertiary/aromatic N) is 3. The quantitative estimate of drug-likeness (QED) is 0.243. The first-order chi connectivity index (χ1) is 17.0. The van der Waals surface area contributed by atoms with E-state index >= 15 is 0 Å². The lowest BCUT2D eigenvalue weighted by molar-refractivity contribution is -0.112. The van der Waals surface area contributed by atoms with Crippen LogP contribution in [0.15, 0.2) is 34.3 Å². The molecule has 0 bridgehead atoms. The molecule has 2 amide bonds. The summed E-state index contributed by atoms with van der Waals surface area (Å²) in [6.45, 7) is 7.47. The third-order valence-corrected chi connectivity index (χ3v) is 7.09. The lowest BCUT2D eigenvalue weighted by Crippen LogP contribution is -2.31. The summed E-state index contributed by atoms with van der Waals surface area (Å²) in [7, 11) is 2.03. The van der Waals surface area contributed by atoms with E-state index in [4.69, 9.17) is 4.74 Å². The maximum Gasteiger partial charge on any atom is 0.274 e. The maximum atomic E-state index is 12.9. The van der Waals surface area contributed by atoms with Crippen molar-refractivity contribution in [1.29, 1.82) is 0 Å². The molecule has 10 heteroatoms. The minimum absolute atomic E-state index is 0.197. The van der Waals surface area contributed by atoms with Crippen molar-refractivity contribution in [2.75, 3.05) is 57.8 Å². The van der Waals surface area contributed by atoms with Crippen LogP contribution < -0.4 is 10.6 Å². The van der Waals surface area contributed by atoms with Gasteiger partial charge in [0.2, 0.25) is 0 Å². The molecule has 0 aromatic heterocycles. The molecular formula is C25H36FN5O3S. The van der Waals surface area contributed by atoms with Gasteiger partial charge in [-0.25, -0.2) is 0 Å². The van der Waals surface area contributed by atoms with Crippen LogP contribution in [0, 0.1) is 0 Å². The van der Waals surface area contributed by atoms with Gasteiger partial charge in [0.1, 0.15) is 5.70 Å². The number of carbonyl (C=O) groups is 2. The Balaban J connectivity index is 1.71. The highest BCUT2D eigenvalue weighted by molar-refractivity contribution is 8.02. The molecule has 2 N–H and O–H groups in total. The Morgan fingerprint density at radius 2 is 2.17 bits per heavy atom. The lowest BCUT2D eigenvalue weighted by Gasteiger charge is -2.23. The van der Waals surface area contributed by atoms with Crippen molar-refractivity contribution in [1.82, 2.24) is 15.1 Å². The summed E-state index contributed by atoms with van der Waals surface area (Å²) in [5.74, 6) is 0.00521. The molecule has 1 aromatic carbocycles. The number of nitrogens with one attached hydrogen (secondary N) is 2. The number of halogens is 1. The molecule has 2 aliphatic heterocycles. The first kappa shape index (κ1) is 27.3. The molecule has 1 atom stereocenters. The van der Waals surface area contributed by atoms with Crippen LogP contribution in [0.4, 0.5) is 10.1 Å². The number of rotatable bonds is 13. The van der Waals surface area contributed by atoms with Crippen molar-refractivity contribution in [3.8, 4) is 0 Å². The van der Waals surface area contributed by atoms with Crippen LogP contribution in [0.5, 0.6) is 0 Å². The summed E-state index contributed by atoms with van der Waals surface area (Å²) in [6, 6.07) is 5.74. The number of hydrogen-bond donors (Lipinski definition) is 2. The van der Waals surface area contributed by atoms with Crippen LogP contribution in [-0.4, -0.2) is 86.8 Å². The predicted octanol–water partition coefficient (Wildman–Crippen LogP) is 3.26. The number of anilines is 1. The number of likely N-dealkylation sites (tertiary alicyclic amines) is 1. The van der Waals surface area contributed by atoms with Gasteiger partial charge in [0.15, 0.2) is 0 Å². The molecule has 3 rings (SSSR count). The summed E-state index contributed by atoms with van der Waals surface area (Å²) in [6.07, 6.45) is 3.61. The minimum atomic E-state index is -0.508. The molecule has 0 unspecified atom stereocenters. The number of likely N-dealkylation sites (N-methyl/N-ethyl adjacent to an activating group) is 1. The number of hydrogen-bond acceptors (Lipinski definition) is 7. The van der Waals surface area contributed by atoms with Gasteiger partial charge in [-0.05, 0) is 70.2 Å². The summed E-state index contributed by atoms with van der Waals surface area (Å²) >= 11 is 1.51. The van der Waals surface area contributed by atoms with E-state index in [9.17, 15) is 14.0 Å². The average molecular weight is 506 g/mol. The fraction of sp³-hybridized carbons (Fsp3) is 0.560. The molecule has 2 saturated heterocycles. The molecular weight excluding hydrogens is 469 g/mol. The van der Waals surface area contributed by atoms with Gasteiger partial charge < -0.3 is 15.4 Å². The largest absolute Gasteiger partial charge is 0.380 e. The standard InChI is InChI=1S/C25H36FN5O3S/c1-27-23(17-35-18-31-11-3-4-12-31)25(33)29-22-7-6-19(15-30(2)20-8-13-34-16-20)14-21(22)24(32)28-10-5-9-26/h6-7,14,17,20H,1,3-5,8-13,15-16,18H2,2H3,(H,28,32)(H,29,33)/b23-17-/t20-/m1/s1. The smallest absolute Gasteiger partial charge is 0.274 e. The van der Waals surface area contributed by atoms with Crippen LogP contribution in [0.25, 0.3) is 0 Å². The highest BCUT2D eigenvalue weighted by atomic mass is 32.2. The Labute approximate surface area is 211 Å². The second-order valence-electron chi connectivity index (χ2n) is 8.85. The molecule has 0 saturated carbocycles. The van der Waals surface area contributed by atoms with Crippen molar-refractivity contribution in [2.24, 2.45) is 4.99 Å². The highest BCUT2D eigenvalue weighted by Crippen LogP contribution is 2.22. The van der Waals surface area contributed by atoms with Gasteiger partial charge in [-0.3, -0.25) is 28.8 Å². The number of benzene rings is 1. The zero-order chi connectivity index (χ0) is 25.0. The SMILES string of the molecule is C=N/C(=C\SCN1CCCC1)C(=O)Nc1ccc(CN(C)[C@@H]2CCOC2)cc1C(=O)NCCCF. The fourth-order valence-electron chi connectivity index (χ4n) is 4.12. The minimum Gasteiger partial charge on any atom is -0.380 e. The van der Waals surface area contributed by atoms with Crippen molar-refractivity contribution in [2.45, 2.75) is 38.3 Å². The Morgan fingerprint density at radius 1 is 1.37 bits per heavy atom. The predicted molar refractivity (Wildman–Crippen MR) is 140 cm³/mol. The molecule has 2 heterocycles. The van der Waals surface area contributed by atoms with E-state index in [1.165, 1.54) is 24.6 Å². The van der Waals surface area contributed by atoms with E-state index < -0.39 is 12.6 Å². The zero-order valence-corrected chi connectivity index (χ0v) is 21.2. The summed E-state index contributed by atoms with van der Waals surface area (Å²) in [5, 5.41) is 7.25. The van der Waals surface area contributed by atoms with E-state index in [-0.39, 0.29) is 24.6 Å². The van der Waals surface area contributed by atoms with Crippen LogP contribution in [-0.2, 0) is 16.1 Å². The van der Waals surface area contributed by atoms with Crippen LogP contribution >= 0.6 is 11.8 Å². The van der Waals surface area contributed by atoms with Crippen molar-refractivity contribution < 1.29 is 18.7 Å². The molecule has 2 fully saturated rings. The Hall–Kier alpha value is -2.27. The summed E-state index contributed by atoms with van der Waals surface area (Å²) in [5.41, 5.74) is 1.84. The Bertz CT molecular complexity index is 901. The van der Waals surface area contributed by atoms with Gasteiger partial charge in [0.05, 0.1) is 24.5 Å². The number of amides is 2. The molecule has 0 spiro atoms. The molecule has 192 valence electrons. The molecule has 35 heavy (non-hydrogen) atoms. The van der Waals surface area contributed by atoms with Gasteiger partial charge in [-0.2, -0.15) is 0 Å². The van der Waals surface area contributed by atoms with Crippen molar-refractivity contribution >= 4 is 36.0 Å². The van der Waals surface area contributed by atoms with Crippen LogP contribution in [0.1, 0.15) is 41.6 Å². The normalized spacial score (nSPS) is 18.7. The number of thioether (sulfide) groups is 1. The number of ether oxygens (including phenoxy) is 1. The lowest BCUT2D eigenvalue weighted by atomic mass is 10.1. The first-order valence-electron chi connectivity index (χ1n) is 12.1. The maximum absolute atomic E-state index is 12.9. The summed E-state index contributed by atoms with van der Waals surface area (Å²) < 4.78 is 18.0. The van der Waals surface area contributed by atoms with Gasteiger partial charge in [0.25, 0.3) is 11.8 Å². The Morgan fingerprint density at radius 3 is 2.86 bits per heavy atom. The van der Waals surface area contributed by atoms with E-state index in [0.29, 0.717) is 30.4 Å². The average Bonchev–Trinajstić information content (AvgIpc) is 3.57. The van der Waals surface area contributed by atoms with E-state index in [1.807, 2.05) is 13.1 Å². The number of alkyl halides is 1. The van der Waals surface area contributed by atoms with Crippen LogP contribution in [0.3, 0.4) is 0 Å². The second kappa shape index (κ2) is 14.3. The molecule has 2 aliphatic rings. The third kappa shape index (κ3) is 8.42. The van der Waals surface area contributed by atoms with Crippen molar-refractivity contribution in [3.63, 3.8) is 0 Å². The Kier molecular flexibility index (Phi) is 11.2. The third-order valence-electron chi connectivity index (χ3n) is 6.19. The van der Waals surface area contributed by atoms with E-state index in [2.05, 4.69) is 32.1 Å². The van der Waals surface area contributed by atoms with E-state index in [0.717, 1.165) is 37.6 Å². The molecule has 0 aliphatic carbocycles. The zero-order valence-electron chi connectivity index (χ0n) is 20.4. The van der Waals surface area contributed by atoms with Gasteiger partial charge in [0, 0.05) is 37.0 Å². The van der Waals surface area contributed by atoms with E-state index in [1.54, 1.807) is 17.5 Å². The topological polar surface area (TPSA) is 86.3 Å². The van der Waals surface area contributed by atoms with Crippen molar-refractivity contribution in [3.05, 3.63) is 40.4 Å². The molecule has 1 aromatic rings. The van der Waals surface area contributed by atoms with Gasteiger partial charge in [-0.1, -0.05) is 6.07 Å². The molecule has 0 radical (unpaired) electrons.